The molecule has 1 amide bonds. The van der Waals surface area contributed by atoms with Gasteiger partial charge in [-0.2, -0.15) is 0 Å². The number of hydrogen-bond acceptors (Lipinski definition) is 5. The molecule has 2 saturated heterocycles. The van der Waals surface area contributed by atoms with Crippen LogP contribution in [0.15, 0.2) is 18.3 Å². The summed E-state index contributed by atoms with van der Waals surface area (Å²) in [5.74, 6) is 1.87. The van der Waals surface area contributed by atoms with Crippen LogP contribution in [0.3, 0.4) is 0 Å². The predicted molar refractivity (Wildman–Crippen MR) is 125 cm³/mol. The number of carbonyl (C=O) groups is 1. The summed E-state index contributed by atoms with van der Waals surface area (Å²) >= 11 is 0. The van der Waals surface area contributed by atoms with Gasteiger partial charge in [-0.05, 0) is 49.9 Å². The van der Waals surface area contributed by atoms with Crippen LogP contribution in [0.1, 0.15) is 37.7 Å². The van der Waals surface area contributed by atoms with Crippen LogP contribution in [0.25, 0.3) is 0 Å². The molecule has 1 aliphatic carbocycles. The summed E-state index contributed by atoms with van der Waals surface area (Å²) in [7, 11) is 2.16. The molecule has 4 rings (SSSR count). The second-order valence-electron chi connectivity index (χ2n) is 8.14. The molecule has 3 atom stereocenters. The molecule has 6 nitrogen and oxygen atoms in total. The van der Waals surface area contributed by atoms with Crippen LogP contribution in [-0.2, 0) is 11.3 Å². The summed E-state index contributed by atoms with van der Waals surface area (Å²) in [6.45, 7) is 4.73. The topological polar surface area (TPSA) is 60.5 Å². The van der Waals surface area contributed by atoms with E-state index in [4.69, 9.17) is 0 Å². The maximum Gasteiger partial charge on any atom is 0.237 e. The van der Waals surface area contributed by atoms with Crippen molar-refractivity contribution >= 4 is 48.9 Å². The first-order chi connectivity index (χ1) is 12.7. The van der Waals surface area contributed by atoms with Crippen molar-refractivity contribution in [2.75, 3.05) is 38.1 Å². The highest BCUT2D eigenvalue weighted by atomic mass is 35.5. The summed E-state index contributed by atoms with van der Waals surface area (Å²) < 4.78 is 0. The van der Waals surface area contributed by atoms with Gasteiger partial charge < -0.3 is 20.4 Å². The van der Waals surface area contributed by atoms with E-state index in [1.165, 1.54) is 25.7 Å². The summed E-state index contributed by atoms with van der Waals surface area (Å²) in [5.41, 5.74) is 1.12. The third-order valence-electron chi connectivity index (χ3n) is 6.28. The van der Waals surface area contributed by atoms with E-state index < -0.39 is 0 Å². The number of aromatic nitrogens is 1. The number of likely N-dealkylation sites (N-methyl/N-ethyl adjacent to an activating group) is 1. The van der Waals surface area contributed by atoms with Crippen molar-refractivity contribution < 1.29 is 4.79 Å². The van der Waals surface area contributed by atoms with Gasteiger partial charge in [0.15, 0.2) is 0 Å². The van der Waals surface area contributed by atoms with E-state index in [1.807, 2.05) is 12.3 Å². The maximum absolute atomic E-state index is 12.6. The van der Waals surface area contributed by atoms with Gasteiger partial charge in [-0.3, -0.25) is 4.79 Å². The number of amides is 1. The van der Waals surface area contributed by atoms with Crippen LogP contribution >= 0.6 is 37.2 Å². The first-order valence-electron chi connectivity index (χ1n) is 10.1. The minimum absolute atomic E-state index is 0. The van der Waals surface area contributed by atoms with Gasteiger partial charge >= 0.3 is 0 Å². The number of piperazine rings is 1. The van der Waals surface area contributed by atoms with Gasteiger partial charge in [0.25, 0.3) is 0 Å². The molecule has 3 aliphatic rings. The summed E-state index contributed by atoms with van der Waals surface area (Å²) in [6.07, 6.45) is 7.99. The zero-order valence-corrected chi connectivity index (χ0v) is 19.5. The monoisotopic (exact) mass is 465 g/mol. The number of carbonyl (C=O) groups excluding carboxylic acids is 1. The number of rotatable bonds is 4. The van der Waals surface area contributed by atoms with Crippen LogP contribution in [-0.4, -0.2) is 61.1 Å². The Morgan fingerprint density at radius 1 is 1.17 bits per heavy atom. The SMILES string of the molecule is CN1CCN(c2cc(CNC(=O)C3CC4CCCCC4N3)ccn2)CC1.Cl.Cl.Cl. The second kappa shape index (κ2) is 12.2. The molecule has 2 N–H and O–H groups in total. The van der Waals surface area contributed by atoms with Gasteiger partial charge in [-0.15, -0.1) is 37.2 Å². The minimum Gasteiger partial charge on any atom is -0.354 e. The van der Waals surface area contributed by atoms with Gasteiger partial charge in [-0.25, -0.2) is 4.98 Å². The molecule has 29 heavy (non-hydrogen) atoms. The Balaban J connectivity index is 0.00000140. The first-order valence-corrected chi connectivity index (χ1v) is 10.1. The normalized spacial score (nSPS) is 26.4. The molecular formula is C20H34Cl3N5O. The predicted octanol–water partition coefficient (Wildman–Crippen LogP) is 2.64. The van der Waals surface area contributed by atoms with Gasteiger partial charge in [0, 0.05) is 45.0 Å². The number of pyridine rings is 1. The Kier molecular flexibility index (Phi) is 11.0. The fourth-order valence-corrected chi connectivity index (χ4v) is 4.61. The number of anilines is 1. The van der Waals surface area contributed by atoms with E-state index in [-0.39, 0.29) is 49.2 Å². The molecule has 3 unspecified atom stereocenters. The van der Waals surface area contributed by atoms with E-state index in [9.17, 15) is 4.79 Å². The molecule has 1 saturated carbocycles. The van der Waals surface area contributed by atoms with Crippen molar-refractivity contribution in [3.8, 4) is 0 Å². The third-order valence-corrected chi connectivity index (χ3v) is 6.28. The lowest BCUT2D eigenvalue weighted by molar-refractivity contribution is -0.123. The second-order valence-corrected chi connectivity index (χ2v) is 8.14. The molecule has 2 aliphatic heterocycles. The lowest BCUT2D eigenvalue weighted by Gasteiger charge is -2.33. The highest BCUT2D eigenvalue weighted by Crippen LogP contribution is 2.33. The Morgan fingerprint density at radius 2 is 1.90 bits per heavy atom. The van der Waals surface area contributed by atoms with Crippen molar-refractivity contribution in [3.05, 3.63) is 23.9 Å². The number of halogens is 3. The molecular weight excluding hydrogens is 433 g/mol. The van der Waals surface area contributed by atoms with E-state index in [2.05, 4.69) is 38.5 Å². The van der Waals surface area contributed by atoms with Gasteiger partial charge in [0.2, 0.25) is 5.91 Å². The van der Waals surface area contributed by atoms with Crippen LogP contribution in [0.4, 0.5) is 5.82 Å². The summed E-state index contributed by atoms with van der Waals surface area (Å²) in [5, 5.41) is 6.69. The van der Waals surface area contributed by atoms with E-state index in [0.29, 0.717) is 18.5 Å². The standard InChI is InChI=1S/C20H31N5O.3ClH/c1-24-8-10-25(11-9-24)19-12-15(6-7-21-19)14-22-20(26)18-13-16-4-2-3-5-17(16)23-18;;;/h6-7,12,16-18,23H,2-5,8-11,13-14H2,1H3,(H,22,26);3*1H. The molecule has 3 fully saturated rings. The van der Waals surface area contributed by atoms with Crippen LogP contribution in [0.5, 0.6) is 0 Å². The van der Waals surface area contributed by atoms with Gasteiger partial charge in [-0.1, -0.05) is 12.8 Å². The fraction of sp³-hybridized carbons (Fsp3) is 0.700. The molecule has 1 aromatic rings. The summed E-state index contributed by atoms with van der Waals surface area (Å²) in [4.78, 5) is 21.8. The summed E-state index contributed by atoms with van der Waals surface area (Å²) in [6, 6.07) is 4.67. The quantitative estimate of drug-likeness (QED) is 0.714. The van der Waals surface area contributed by atoms with E-state index in [0.717, 1.165) is 44.0 Å². The molecule has 3 heterocycles. The van der Waals surface area contributed by atoms with Crippen LogP contribution in [0, 0.1) is 5.92 Å². The number of hydrogen-bond donors (Lipinski definition) is 2. The molecule has 1 aromatic heterocycles. The Morgan fingerprint density at radius 3 is 2.62 bits per heavy atom. The van der Waals surface area contributed by atoms with Crippen molar-refractivity contribution in [1.29, 1.82) is 0 Å². The third kappa shape index (κ3) is 6.59. The largest absolute Gasteiger partial charge is 0.354 e. The van der Waals surface area contributed by atoms with Crippen molar-refractivity contribution in [2.24, 2.45) is 5.92 Å². The smallest absolute Gasteiger partial charge is 0.237 e. The molecule has 166 valence electrons. The lowest BCUT2D eigenvalue weighted by atomic mass is 9.85. The van der Waals surface area contributed by atoms with Gasteiger partial charge in [0.05, 0.1) is 6.04 Å². The van der Waals surface area contributed by atoms with Crippen molar-refractivity contribution in [2.45, 2.75) is 50.7 Å². The van der Waals surface area contributed by atoms with Gasteiger partial charge in [0.1, 0.15) is 5.82 Å². The average Bonchev–Trinajstić information content (AvgIpc) is 3.11. The Hall–Kier alpha value is -0.790. The number of nitrogens with one attached hydrogen (secondary N) is 2. The highest BCUT2D eigenvalue weighted by Gasteiger charge is 2.38. The maximum atomic E-state index is 12.6. The minimum atomic E-state index is -0.0120. The van der Waals surface area contributed by atoms with Crippen LogP contribution in [0.2, 0.25) is 0 Å². The molecule has 0 radical (unpaired) electrons. The zero-order valence-electron chi connectivity index (χ0n) is 17.0. The fourth-order valence-electron chi connectivity index (χ4n) is 4.61. The first kappa shape index (κ1) is 26.2. The molecule has 0 aromatic carbocycles. The Labute approximate surface area is 192 Å². The average molecular weight is 467 g/mol. The highest BCUT2D eigenvalue weighted by molar-refractivity contribution is 5.86. The van der Waals surface area contributed by atoms with Crippen molar-refractivity contribution in [3.63, 3.8) is 0 Å². The Bertz CT molecular complexity index is 628. The van der Waals surface area contributed by atoms with E-state index in [1.54, 1.807) is 0 Å². The molecule has 0 spiro atoms. The van der Waals surface area contributed by atoms with Crippen LogP contribution < -0.4 is 15.5 Å². The molecule has 9 heteroatoms. The lowest BCUT2D eigenvalue weighted by Crippen LogP contribution is -2.45. The van der Waals surface area contributed by atoms with E-state index >= 15 is 0 Å². The van der Waals surface area contributed by atoms with Crippen molar-refractivity contribution in [1.82, 2.24) is 20.5 Å². The zero-order chi connectivity index (χ0) is 17.9. The number of nitrogens with zero attached hydrogens (tertiary/aromatic N) is 3. The molecule has 0 bridgehead atoms. The number of fused-ring (bicyclic) bond motifs is 1.